The molecule has 0 aliphatic heterocycles. The van der Waals surface area contributed by atoms with Gasteiger partial charge in [0.15, 0.2) is 0 Å². The van der Waals surface area contributed by atoms with Gasteiger partial charge in [0, 0.05) is 31.4 Å². The van der Waals surface area contributed by atoms with Gasteiger partial charge in [-0.25, -0.2) is 4.98 Å². The van der Waals surface area contributed by atoms with E-state index in [-0.39, 0.29) is 5.54 Å². The SMILES string of the molecule is CN(c1cc(CNC(C)(C)C)c(Cl)cn1)C1CCCC1. The molecule has 1 fully saturated rings. The van der Waals surface area contributed by atoms with Gasteiger partial charge in [-0.3, -0.25) is 0 Å². The smallest absolute Gasteiger partial charge is 0.128 e. The maximum Gasteiger partial charge on any atom is 0.128 e. The first-order chi connectivity index (χ1) is 9.37. The number of hydrogen-bond acceptors (Lipinski definition) is 3. The topological polar surface area (TPSA) is 28.2 Å². The van der Waals surface area contributed by atoms with Gasteiger partial charge in [-0.15, -0.1) is 0 Å². The monoisotopic (exact) mass is 295 g/mol. The van der Waals surface area contributed by atoms with Gasteiger partial charge in [-0.2, -0.15) is 0 Å². The van der Waals surface area contributed by atoms with Crippen molar-refractivity contribution in [2.45, 2.75) is 64.6 Å². The Balaban J connectivity index is 2.11. The number of aromatic nitrogens is 1. The fraction of sp³-hybridized carbons (Fsp3) is 0.688. The summed E-state index contributed by atoms with van der Waals surface area (Å²) in [4.78, 5) is 6.80. The van der Waals surface area contributed by atoms with Gasteiger partial charge >= 0.3 is 0 Å². The van der Waals surface area contributed by atoms with Crippen LogP contribution in [-0.4, -0.2) is 23.6 Å². The summed E-state index contributed by atoms with van der Waals surface area (Å²) in [6, 6.07) is 2.76. The number of rotatable bonds is 4. The zero-order chi connectivity index (χ0) is 14.8. The van der Waals surface area contributed by atoms with E-state index >= 15 is 0 Å². The molecule has 1 aromatic rings. The van der Waals surface area contributed by atoms with Crippen LogP contribution in [0.25, 0.3) is 0 Å². The number of hydrogen-bond donors (Lipinski definition) is 1. The van der Waals surface area contributed by atoms with Crippen LogP contribution in [0.4, 0.5) is 5.82 Å². The number of anilines is 1. The van der Waals surface area contributed by atoms with Gasteiger partial charge in [-0.05, 0) is 45.2 Å². The van der Waals surface area contributed by atoms with E-state index in [1.165, 1.54) is 25.7 Å². The average Bonchev–Trinajstić information content (AvgIpc) is 2.90. The highest BCUT2D eigenvalue weighted by molar-refractivity contribution is 6.31. The van der Waals surface area contributed by atoms with Crippen molar-refractivity contribution in [2.24, 2.45) is 0 Å². The minimum atomic E-state index is 0.0874. The molecule has 1 aliphatic rings. The molecule has 0 bridgehead atoms. The first kappa shape index (κ1) is 15.6. The fourth-order valence-electron chi connectivity index (χ4n) is 2.64. The Hall–Kier alpha value is -0.800. The Morgan fingerprint density at radius 1 is 1.35 bits per heavy atom. The van der Waals surface area contributed by atoms with E-state index in [0.717, 1.165) is 22.9 Å². The van der Waals surface area contributed by atoms with E-state index in [0.29, 0.717) is 6.04 Å². The molecule has 0 saturated heterocycles. The van der Waals surface area contributed by atoms with Crippen LogP contribution in [0.2, 0.25) is 5.02 Å². The van der Waals surface area contributed by atoms with Gasteiger partial charge in [0.25, 0.3) is 0 Å². The third-order valence-electron chi connectivity index (χ3n) is 3.96. The van der Waals surface area contributed by atoms with Crippen molar-refractivity contribution >= 4 is 17.4 Å². The van der Waals surface area contributed by atoms with Crippen molar-refractivity contribution in [1.82, 2.24) is 10.3 Å². The molecule has 1 aliphatic carbocycles. The molecule has 1 heterocycles. The number of nitrogens with one attached hydrogen (secondary N) is 1. The quantitative estimate of drug-likeness (QED) is 0.910. The van der Waals surface area contributed by atoms with E-state index in [1.54, 1.807) is 6.20 Å². The molecule has 1 N–H and O–H groups in total. The normalized spacial score (nSPS) is 16.6. The van der Waals surface area contributed by atoms with Crippen molar-refractivity contribution < 1.29 is 0 Å². The Morgan fingerprint density at radius 2 is 2.00 bits per heavy atom. The maximum atomic E-state index is 6.27. The molecular weight excluding hydrogens is 270 g/mol. The summed E-state index contributed by atoms with van der Waals surface area (Å²) in [5.41, 5.74) is 1.21. The first-order valence-electron chi connectivity index (χ1n) is 7.49. The van der Waals surface area contributed by atoms with Gasteiger partial charge < -0.3 is 10.2 Å². The zero-order valence-electron chi connectivity index (χ0n) is 13.0. The third-order valence-corrected chi connectivity index (χ3v) is 4.30. The van der Waals surface area contributed by atoms with Crippen LogP contribution < -0.4 is 10.2 Å². The van der Waals surface area contributed by atoms with Gasteiger partial charge in [0.1, 0.15) is 5.82 Å². The van der Waals surface area contributed by atoms with Crippen LogP contribution >= 0.6 is 11.6 Å². The molecule has 1 aromatic heterocycles. The number of nitrogens with zero attached hydrogens (tertiary/aromatic N) is 2. The molecule has 4 heteroatoms. The van der Waals surface area contributed by atoms with Gasteiger partial charge in [0.2, 0.25) is 0 Å². The third kappa shape index (κ3) is 4.10. The number of halogens is 1. The van der Waals surface area contributed by atoms with Crippen LogP contribution in [0.15, 0.2) is 12.3 Å². The lowest BCUT2D eigenvalue weighted by molar-refractivity contribution is 0.424. The van der Waals surface area contributed by atoms with Crippen molar-refractivity contribution in [3.05, 3.63) is 22.8 Å². The Morgan fingerprint density at radius 3 is 2.60 bits per heavy atom. The summed E-state index contributed by atoms with van der Waals surface area (Å²) >= 11 is 6.27. The zero-order valence-corrected chi connectivity index (χ0v) is 13.8. The first-order valence-corrected chi connectivity index (χ1v) is 7.87. The summed E-state index contributed by atoms with van der Waals surface area (Å²) in [7, 11) is 2.15. The highest BCUT2D eigenvalue weighted by Gasteiger charge is 2.21. The Bertz CT molecular complexity index is 448. The lowest BCUT2D eigenvalue weighted by atomic mass is 10.1. The van der Waals surface area contributed by atoms with Crippen LogP contribution in [0, 0.1) is 0 Å². The van der Waals surface area contributed by atoms with Crippen molar-refractivity contribution in [3.8, 4) is 0 Å². The second-order valence-electron chi connectivity index (χ2n) is 6.79. The molecule has 0 atom stereocenters. The van der Waals surface area contributed by atoms with Crippen LogP contribution in [-0.2, 0) is 6.54 Å². The van der Waals surface area contributed by atoms with Crippen molar-refractivity contribution in [1.29, 1.82) is 0 Å². The molecule has 112 valence electrons. The summed E-state index contributed by atoms with van der Waals surface area (Å²) < 4.78 is 0. The van der Waals surface area contributed by atoms with Gasteiger partial charge in [0.05, 0.1) is 5.02 Å². The standard InChI is InChI=1S/C16H26ClN3/c1-16(2,3)19-10-12-9-15(18-11-14(12)17)20(4)13-7-5-6-8-13/h9,11,13,19H,5-8,10H2,1-4H3. The molecule has 20 heavy (non-hydrogen) atoms. The molecule has 0 unspecified atom stereocenters. The highest BCUT2D eigenvalue weighted by atomic mass is 35.5. The second-order valence-corrected chi connectivity index (χ2v) is 7.19. The number of pyridine rings is 1. The maximum absolute atomic E-state index is 6.27. The largest absolute Gasteiger partial charge is 0.357 e. The summed E-state index contributed by atoms with van der Waals surface area (Å²) in [5.74, 6) is 1.03. The molecule has 1 saturated carbocycles. The molecule has 0 amide bonds. The van der Waals surface area contributed by atoms with Gasteiger partial charge in [-0.1, -0.05) is 24.4 Å². The van der Waals surface area contributed by atoms with E-state index in [2.05, 4.69) is 49.1 Å². The molecular formula is C16H26ClN3. The summed E-state index contributed by atoms with van der Waals surface area (Å²) in [6.07, 6.45) is 7.00. The fourth-order valence-corrected chi connectivity index (χ4v) is 2.81. The lowest BCUT2D eigenvalue weighted by Crippen LogP contribution is -2.35. The van der Waals surface area contributed by atoms with E-state index in [9.17, 15) is 0 Å². The van der Waals surface area contributed by atoms with Crippen LogP contribution in [0.1, 0.15) is 52.0 Å². The van der Waals surface area contributed by atoms with Crippen LogP contribution in [0.3, 0.4) is 0 Å². The predicted octanol–water partition coefficient (Wildman–Crippen LogP) is 4.00. The average molecular weight is 296 g/mol. The van der Waals surface area contributed by atoms with Crippen molar-refractivity contribution in [3.63, 3.8) is 0 Å². The molecule has 3 nitrogen and oxygen atoms in total. The Kier molecular flexibility index (Phi) is 4.92. The summed E-state index contributed by atoms with van der Waals surface area (Å²) in [5, 5.41) is 4.22. The minimum absolute atomic E-state index is 0.0874. The predicted molar refractivity (Wildman–Crippen MR) is 86.5 cm³/mol. The molecule has 2 rings (SSSR count). The lowest BCUT2D eigenvalue weighted by Gasteiger charge is -2.26. The van der Waals surface area contributed by atoms with E-state index in [4.69, 9.17) is 11.6 Å². The second kappa shape index (κ2) is 6.31. The van der Waals surface area contributed by atoms with E-state index in [1.807, 2.05) is 0 Å². The molecule has 0 spiro atoms. The highest BCUT2D eigenvalue weighted by Crippen LogP contribution is 2.27. The molecule has 0 radical (unpaired) electrons. The van der Waals surface area contributed by atoms with Crippen molar-refractivity contribution in [2.75, 3.05) is 11.9 Å². The van der Waals surface area contributed by atoms with Crippen LogP contribution in [0.5, 0.6) is 0 Å². The van der Waals surface area contributed by atoms with E-state index < -0.39 is 0 Å². The molecule has 0 aromatic carbocycles. The summed E-state index contributed by atoms with van der Waals surface area (Å²) in [6.45, 7) is 7.26. The minimum Gasteiger partial charge on any atom is -0.357 e. The Labute approximate surface area is 127 Å².